The molecule has 0 aromatic rings. The first-order chi connectivity index (χ1) is 12.1. The zero-order valence-corrected chi connectivity index (χ0v) is 25.0. The van der Waals surface area contributed by atoms with Gasteiger partial charge in [0.2, 0.25) is 0 Å². The molecule has 0 aromatic carbocycles. The van der Waals surface area contributed by atoms with Crippen LogP contribution in [0.3, 0.4) is 0 Å². The molecule has 0 unspecified atom stereocenters. The van der Waals surface area contributed by atoms with Crippen LogP contribution in [0.15, 0.2) is 39.5 Å². The average Bonchev–Trinajstić information content (AvgIpc) is 3.12. The van der Waals surface area contributed by atoms with E-state index in [9.17, 15) is 10.2 Å². The van der Waals surface area contributed by atoms with Crippen LogP contribution in [0.4, 0.5) is 0 Å². The van der Waals surface area contributed by atoms with Gasteiger partial charge in [-0.05, 0) is 0 Å². The summed E-state index contributed by atoms with van der Waals surface area (Å²) in [5.41, 5.74) is 0. The number of halogens is 2. The SMILES string of the molecule is C[Si](C)(CCO)C1=CC[C]2=C1[Si](C)(C)C1=[C](CC=C1[Si](C)(C)CCO)[Zr+2]2.[Cl-].[Cl-]. The fraction of sp³-hybridized carbons (Fsp3) is 0.600. The summed E-state index contributed by atoms with van der Waals surface area (Å²) in [5, 5.41) is 26.3. The van der Waals surface area contributed by atoms with Crippen LogP contribution in [0.1, 0.15) is 12.8 Å². The summed E-state index contributed by atoms with van der Waals surface area (Å²) in [5.74, 6) is 0. The minimum atomic E-state index is -1.68. The Labute approximate surface area is 198 Å². The third kappa shape index (κ3) is 4.60. The van der Waals surface area contributed by atoms with Crippen molar-refractivity contribution in [1.29, 1.82) is 0 Å². The fourth-order valence-electron chi connectivity index (χ4n) is 5.16. The van der Waals surface area contributed by atoms with E-state index in [1.165, 1.54) is 12.8 Å². The normalized spacial score (nSPS) is 20.3. The number of aliphatic hydroxyl groups is 2. The Morgan fingerprint density at radius 3 is 1.50 bits per heavy atom. The molecule has 156 valence electrons. The Hall–Kier alpha value is 0.994. The van der Waals surface area contributed by atoms with Gasteiger partial charge in [0, 0.05) is 0 Å². The first-order valence-electron chi connectivity index (χ1n) is 9.94. The Bertz CT molecular complexity index is 693. The molecule has 8 heteroatoms. The van der Waals surface area contributed by atoms with Crippen molar-refractivity contribution in [2.75, 3.05) is 13.2 Å². The largest absolute Gasteiger partial charge is 1.00 e. The molecular formula is C20H34Cl2O2Si3Zr. The fourth-order valence-corrected chi connectivity index (χ4v) is 26.3. The van der Waals surface area contributed by atoms with Crippen molar-refractivity contribution in [3.8, 4) is 0 Å². The van der Waals surface area contributed by atoms with E-state index in [1.54, 1.807) is 10.4 Å². The van der Waals surface area contributed by atoms with Crippen LogP contribution in [0, 0.1) is 0 Å². The molecule has 0 aromatic heterocycles. The van der Waals surface area contributed by atoms with Crippen molar-refractivity contribution < 1.29 is 58.3 Å². The first-order valence-corrected chi connectivity index (χ1v) is 21.8. The molecule has 1 heterocycles. The Morgan fingerprint density at radius 2 is 1.18 bits per heavy atom. The van der Waals surface area contributed by atoms with Gasteiger partial charge in [-0.1, -0.05) is 0 Å². The van der Waals surface area contributed by atoms with E-state index < -0.39 is 47.5 Å². The van der Waals surface area contributed by atoms with Crippen LogP contribution in [-0.2, 0) is 23.2 Å². The molecule has 28 heavy (non-hydrogen) atoms. The molecule has 3 aliphatic rings. The maximum atomic E-state index is 9.62. The van der Waals surface area contributed by atoms with Gasteiger partial charge in [-0.3, -0.25) is 0 Å². The minimum Gasteiger partial charge on any atom is -1.00 e. The van der Waals surface area contributed by atoms with Crippen molar-refractivity contribution in [2.24, 2.45) is 0 Å². The average molecular weight is 553 g/mol. The molecule has 0 radical (unpaired) electrons. The maximum absolute atomic E-state index is 9.62. The molecule has 0 amide bonds. The number of rotatable bonds is 6. The van der Waals surface area contributed by atoms with Crippen molar-refractivity contribution in [3.63, 3.8) is 0 Å². The number of hydrogen-bond donors (Lipinski definition) is 2. The van der Waals surface area contributed by atoms with Crippen molar-refractivity contribution in [2.45, 2.75) is 64.2 Å². The summed E-state index contributed by atoms with van der Waals surface area (Å²) >= 11 is -0.631. The topological polar surface area (TPSA) is 40.5 Å². The van der Waals surface area contributed by atoms with Gasteiger partial charge >= 0.3 is 175 Å². The summed E-state index contributed by atoms with van der Waals surface area (Å²) in [4.78, 5) is 0. The second-order valence-corrected chi connectivity index (χ2v) is 27.3. The number of allylic oxidation sites excluding steroid dienone is 8. The predicted molar refractivity (Wildman–Crippen MR) is 116 cm³/mol. The van der Waals surface area contributed by atoms with Crippen LogP contribution >= 0.6 is 0 Å². The molecule has 1 aliphatic heterocycles. The van der Waals surface area contributed by atoms with E-state index >= 15 is 0 Å². The summed E-state index contributed by atoms with van der Waals surface area (Å²) in [6, 6.07) is 1.98. The molecule has 2 nitrogen and oxygen atoms in total. The third-order valence-electron chi connectivity index (χ3n) is 6.65. The quantitative estimate of drug-likeness (QED) is 0.395. The zero-order valence-electron chi connectivity index (χ0n) is 18.0. The predicted octanol–water partition coefficient (Wildman–Crippen LogP) is -1.47. The second kappa shape index (κ2) is 9.64. The molecule has 0 spiro atoms. The molecule has 2 aliphatic carbocycles. The van der Waals surface area contributed by atoms with Crippen LogP contribution in [-0.4, -0.2) is 47.6 Å². The van der Waals surface area contributed by atoms with E-state index in [0.29, 0.717) is 13.2 Å². The van der Waals surface area contributed by atoms with Gasteiger partial charge < -0.3 is 24.8 Å². The van der Waals surface area contributed by atoms with Gasteiger partial charge in [0.05, 0.1) is 0 Å². The van der Waals surface area contributed by atoms with Gasteiger partial charge in [-0.25, -0.2) is 0 Å². The summed E-state index contributed by atoms with van der Waals surface area (Å²) in [6.07, 6.45) is 7.59. The molecule has 2 N–H and O–H groups in total. The zero-order chi connectivity index (χ0) is 19.3. The third-order valence-corrected chi connectivity index (χ3v) is 22.5. The standard InChI is InChI=1S/C20H34O2Si3.2ClH.Zr/c1-23(2,15-13-21)17-9-7-11-19(17)25(5,6)20-12-8-10-18(20)24(3,4)16-14-22;;;/h9-10,21-22H,7-8,13-16H2,1-6H3;2*1H;/q;;;+2/p-2. The molecule has 0 fully saturated rings. The van der Waals surface area contributed by atoms with E-state index in [1.807, 2.05) is 17.0 Å². The summed E-state index contributed by atoms with van der Waals surface area (Å²) < 4.78 is 3.74. The van der Waals surface area contributed by atoms with E-state index in [4.69, 9.17) is 0 Å². The van der Waals surface area contributed by atoms with E-state index in [-0.39, 0.29) is 24.8 Å². The maximum Gasteiger partial charge on any atom is -1.00 e. The smallest absolute Gasteiger partial charge is 1.00 e. The molecule has 3 rings (SSSR count). The minimum absolute atomic E-state index is 0. The second-order valence-electron chi connectivity index (χ2n) is 9.82. The molecule has 0 saturated carbocycles. The monoisotopic (exact) mass is 550 g/mol. The van der Waals surface area contributed by atoms with Crippen molar-refractivity contribution in [1.82, 2.24) is 0 Å². The van der Waals surface area contributed by atoms with Gasteiger partial charge in [0.15, 0.2) is 0 Å². The van der Waals surface area contributed by atoms with Gasteiger partial charge in [0.1, 0.15) is 0 Å². The van der Waals surface area contributed by atoms with E-state index in [2.05, 4.69) is 51.4 Å². The Morgan fingerprint density at radius 1 is 0.821 bits per heavy atom. The van der Waals surface area contributed by atoms with Crippen molar-refractivity contribution in [3.05, 3.63) is 39.5 Å². The van der Waals surface area contributed by atoms with E-state index in [0.717, 1.165) is 12.1 Å². The molecule has 0 bridgehead atoms. The first kappa shape index (κ1) is 27.0. The molecule has 0 atom stereocenters. The van der Waals surface area contributed by atoms with Crippen molar-refractivity contribution >= 4 is 24.2 Å². The van der Waals surface area contributed by atoms with Crippen LogP contribution in [0.2, 0.25) is 51.4 Å². The van der Waals surface area contributed by atoms with Gasteiger partial charge in [-0.15, -0.1) is 0 Å². The van der Waals surface area contributed by atoms with Crippen LogP contribution in [0.25, 0.3) is 0 Å². The molecular weight excluding hydrogens is 519 g/mol. The van der Waals surface area contributed by atoms with Crippen LogP contribution in [0.5, 0.6) is 0 Å². The number of hydrogen-bond acceptors (Lipinski definition) is 2. The Balaban J connectivity index is 0.00000196. The van der Waals surface area contributed by atoms with Crippen LogP contribution < -0.4 is 24.8 Å². The Kier molecular flexibility index (Phi) is 9.31. The molecule has 0 saturated heterocycles. The summed E-state index contributed by atoms with van der Waals surface area (Å²) in [6.45, 7) is 15.7. The van der Waals surface area contributed by atoms with Gasteiger partial charge in [-0.2, -0.15) is 0 Å². The number of aliphatic hydroxyl groups excluding tert-OH is 2. The van der Waals surface area contributed by atoms with Gasteiger partial charge in [0.25, 0.3) is 0 Å². The summed E-state index contributed by atoms with van der Waals surface area (Å²) in [7, 11) is -4.78.